The second kappa shape index (κ2) is 12.1. The lowest BCUT2D eigenvalue weighted by Crippen LogP contribution is -2.28. The molecular formula is C33H35N3O6S2. The molecule has 0 aliphatic carbocycles. The molecule has 0 spiro atoms. The van der Waals surface area contributed by atoms with Crippen LogP contribution < -0.4 is 20.7 Å². The van der Waals surface area contributed by atoms with E-state index in [4.69, 9.17) is 9.47 Å². The molecule has 11 heteroatoms. The van der Waals surface area contributed by atoms with Crippen molar-refractivity contribution in [2.24, 2.45) is 0 Å². The number of thiophene rings is 1. The lowest BCUT2D eigenvalue weighted by Gasteiger charge is -2.25. The van der Waals surface area contributed by atoms with E-state index in [1.165, 1.54) is 38.7 Å². The number of hydrogen-bond donors (Lipinski definition) is 1. The summed E-state index contributed by atoms with van der Waals surface area (Å²) < 4.78 is 40.5. The van der Waals surface area contributed by atoms with E-state index in [0.29, 0.717) is 17.2 Å². The van der Waals surface area contributed by atoms with E-state index in [9.17, 15) is 18.0 Å². The summed E-state index contributed by atoms with van der Waals surface area (Å²) in [5.74, 6) is 1.40. The summed E-state index contributed by atoms with van der Waals surface area (Å²) in [7, 11) is -0.267. The van der Waals surface area contributed by atoms with Crippen LogP contribution in [0.5, 0.6) is 11.5 Å². The molecule has 0 aliphatic heterocycles. The monoisotopic (exact) mass is 633 g/mol. The largest absolute Gasteiger partial charge is 0.497 e. The quantitative estimate of drug-likeness (QED) is 0.224. The van der Waals surface area contributed by atoms with Crippen molar-refractivity contribution in [2.45, 2.75) is 39.3 Å². The second-order valence-electron chi connectivity index (χ2n) is 11.6. The molecule has 0 unspecified atom stereocenters. The first kappa shape index (κ1) is 31.2. The molecule has 3 aromatic carbocycles. The Labute approximate surface area is 260 Å². The van der Waals surface area contributed by atoms with Gasteiger partial charge in [0.1, 0.15) is 11.5 Å². The molecule has 0 amide bonds. The van der Waals surface area contributed by atoms with Crippen molar-refractivity contribution in [1.29, 1.82) is 0 Å². The van der Waals surface area contributed by atoms with Crippen LogP contribution in [0, 0.1) is 0 Å². The first-order valence-corrected chi connectivity index (χ1v) is 16.6. The van der Waals surface area contributed by atoms with Crippen molar-refractivity contribution >= 4 is 31.4 Å². The van der Waals surface area contributed by atoms with Crippen molar-refractivity contribution in [3.63, 3.8) is 0 Å². The van der Waals surface area contributed by atoms with Gasteiger partial charge in [0.05, 0.1) is 26.2 Å². The molecule has 5 rings (SSSR count). The standard InChI is InChI=1S/C33H35N3O6S2/c1-33(2,3)28-18-24(36-14-13-30(37)34-32(36)38)17-27(31(28)42-5)22-9-10-23-15-26(43-29(23)16-22)20-35(44(6,39)40)19-21-7-11-25(41-4)12-8-21/h7-18H,19-20H2,1-6H3,(H,34,37,38). The van der Waals surface area contributed by atoms with Gasteiger partial charge in [-0.1, -0.05) is 45.0 Å². The highest BCUT2D eigenvalue weighted by molar-refractivity contribution is 7.88. The number of benzene rings is 3. The SMILES string of the molecule is COc1ccc(CN(Cc2cc3ccc(-c4cc(-n5ccc(=O)[nH]c5=O)cc(C(C)(C)C)c4OC)cc3s2)S(C)(=O)=O)cc1. The number of hydrogen-bond acceptors (Lipinski definition) is 7. The summed E-state index contributed by atoms with van der Waals surface area (Å²) in [4.78, 5) is 27.7. The molecule has 0 saturated heterocycles. The van der Waals surface area contributed by atoms with Crippen LogP contribution in [0.25, 0.3) is 26.9 Å². The molecule has 0 fully saturated rings. The Morgan fingerprint density at radius 1 is 0.909 bits per heavy atom. The third kappa shape index (κ3) is 6.64. The lowest BCUT2D eigenvalue weighted by molar-refractivity contribution is 0.399. The van der Waals surface area contributed by atoms with E-state index < -0.39 is 21.3 Å². The number of ether oxygens (including phenoxy) is 2. The third-order valence-electron chi connectivity index (χ3n) is 7.39. The number of aromatic nitrogens is 2. The van der Waals surface area contributed by atoms with Gasteiger partial charge in [0, 0.05) is 46.1 Å². The molecule has 9 nitrogen and oxygen atoms in total. The van der Waals surface area contributed by atoms with Crippen LogP contribution in [0.15, 0.2) is 82.5 Å². The summed E-state index contributed by atoms with van der Waals surface area (Å²) in [6, 6.07) is 20.5. The van der Waals surface area contributed by atoms with Crippen molar-refractivity contribution in [3.8, 4) is 28.3 Å². The van der Waals surface area contributed by atoms with Gasteiger partial charge in [0.25, 0.3) is 5.56 Å². The Morgan fingerprint density at radius 3 is 2.25 bits per heavy atom. The Balaban J connectivity index is 1.56. The minimum absolute atomic E-state index is 0.238. The lowest BCUT2D eigenvalue weighted by atomic mass is 9.83. The molecule has 1 N–H and O–H groups in total. The number of nitrogens with one attached hydrogen (secondary N) is 1. The molecule has 5 aromatic rings. The van der Waals surface area contributed by atoms with Crippen molar-refractivity contribution < 1.29 is 17.9 Å². The van der Waals surface area contributed by atoms with Gasteiger partial charge in [-0.25, -0.2) is 13.2 Å². The summed E-state index contributed by atoms with van der Waals surface area (Å²) in [5.41, 5.74) is 2.73. The van der Waals surface area contributed by atoms with E-state index in [2.05, 4.69) is 31.8 Å². The van der Waals surface area contributed by atoms with Crippen LogP contribution >= 0.6 is 11.3 Å². The zero-order valence-corrected chi connectivity index (χ0v) is 27.1. The van der Waals surface area contributed by atoms with Gasteiger partial charge < -0.3 is 9.47 Å². The first-order chi connectivity index (χ1) is 20.8. The Hall–Kier alpha value is -4.19. The van der Waals surface area contributed by atoms with E-state index in [-0.39, 0.29) is 18.5 Å². The molecular weight excluding hydrogens is 599 g/mol. The summed E-state index contributed by atoms with van der Waals surface area (Å²) in [6.45, 7) is 6.69. The average Bonchev–Trinajstić information content (AvgIpc) is 3.37. The van der Waals surface area contributed by atoms with Crippen LogP contribution in [0.4, 0.5) is 0 Å². The van der Waals surface area contributed by atoms with Crippen molar-refractivity contribution in [1.82, 2.24) is 13.9 Å². The predicted octanol–water partition coefficient (Wildman–Crippen LogP) is 5.68. The Morgan fingerprint density at radius 2 is 1.64 bits per heavy atom. The molecule has 44 heavy (non-hydrogen) atoms. The number of rotatable bonds is 9. The normalized spacial score (nSPS) is 12.2. The number of methoxy groups -OCH3 is 2. The number of fused-ring (bicyclic) bond motifs is 1. The first-order valence-electron chi connectivity index (χ1n) is 13.9. The van der Waals surface area contributed by atoms with Gasteiger partial charge in [0.15, 0.2) is 0 Å². The number of nitrogens with zero attached hydrogens (tertiary/aromatic N) is 2. The average molecular weight is 634 g/mol. The number of aromatic amines is 1. The van der Waals surface area contributed by atoms with E-state index >= 15 is 0 Å². The maximum Gasteiger partial charge on any atom is 0.332 e. The zero-order chi connectivity index (χ0) is 31.8. The molecule has 0 aliphatic rings. The minimum atomic E-state index is -3.49. The minimum Gasteiger partial charge on any atom is -0.497 e. The molecule has 0 bridgehead atoms. The fourth-order valence-corrected chi connectivity index (χ4v) is 7.05. The van der Waals surface area contributed by atoms with Gasteiger partial charge >= 0.3 is 5.69 Å². The fraction of sp³-hybridized carbons (Fsp3) is 0.273. The Bertz CT molecular complexity index is 2050. The highest BCUT2D eigenvalue weighted by atomic mass is 32.2. The molecule has 2 heterocycles. The third-order valence-corrected chi connectivity index (χ3v) is 9.67. The second-order valence-corrected chi connectivity index (χ2v) is 14.8. The van der Waals surface area contributed by atoms with Crippen LogP contribution in [-0.2, 0) is 28.5 Å². The van der Waals surface area contributed by atoms with Crippen LogP contribution in [-0.4, -0.2) is 42.7 Å². The van der Waals surface area contributed by atoms with Gasteiger partial charge in [-0.2, -0.15) is 4.31 Å². The summed E-state index contributed by atoms with van der Waals surface area (Å²) in [6.07, 6.45) is 2.69. The van der Waals surface area contributed by atoms with Gasteiger partial charge in [-0.3, -0.25) is 14.3 Å². The molecule has 0 radical (unpaired) electrons. The maximum absolute atomic E-state index is 12.7. The van der Waals surface area contributed by atoms with Crippen LogP contribution in [0.1, 0.15) is 36.8 Å². The number of sulfonamides is 1. The van der Waals surface area contributed by atoms with Crippen molar-refractivity contribution in [3.05, 3.63) is 110 Å². The smallest absolute Gasteiger partial charge is 0.332 e. The molecule has 0 saturated carbocycles. The van der Waals surface area contributed by atoms with E-state index in [0.717, 1.165) is 37.2 Å². The highest BCUT2D eigenvalue weighted by Crippen LogP contribution is 2.42. The maximum atomic E-state index is 12.7. The summed E-state index contributed by atoms with van der Waals surface area (Å²) in [5, 5.41) is 0.995. The van der Waals surface area contributed by atoms with Crippen molar-refractivity contribution in [2.75, 3.05) is 20.5 Å². The van der Waals surface area contributed by atoms with Crippen LogP contribution in [0.3, 0.4) is 0 Å². The topological polar surface area (TPSA) is 111 Å². The summed E-state index contributed by atoms with van der Waals surface area (Å²) >= 11 is 1.53. The van der Waals surface area contributed by atoms with Crippen LogP contribution in [0.2, 0.25) is 0 Å². The van der Waals surface area contributed by atoms with E-state index in [1.54, 1.807) is 14.2 Å². The van der Waals surface area contributed by atoms with Gasteiger partial charge in [-0.05, 0) is 58.3 Å². The molecule has 230 valence electrons. The Kier molecular flexibility index (Phi) is 8.57. The highest BCUT2D eigenvalue weighted by Gasteiger charge is 2.25. The predicted molar refractivity (Wildman–Crippen MR) is 176 cm³/mol. The number of H-pyrrole nitrogens is 1. The molecule has 2 aromatic heterocycles. The molecule has 0 atom stereocenters. The zero-order valence-electron chi connectivity index (χ0n) is 25.5. The fourth-order valence-electron chi connectivity index (χ4n) is 5.10. The van der Waals surface area contributed by atoms with Gasteiger partial charge in [-0.15, -0.1) is 11.3 Å². The van der Waals surface area contributed by atoms with E-state index in [1.807, 2.05) is 54.6 Å². The van der Waals surface area contributed by atoms with Gasteiger partial charge in [0.2, 0.25) is 10.0 Å².